The van der Waals surface area contributed by atoms with Crippen molar-refractivity contribution < 1.29 is 18.3 Å². The largest absolute Gasteiger partial charge is 0.497 e. The second kappa shape index (κ2) is 7.40. The zero-order chi connectivity index (χ0) is 20.6. The van der Waals surface area contributed by atoms with Crippen LogP contribution in [0.4, 0.5) is 8.78 Å². The molecule has 1 aliphatic carbocycles. The van der Waals surface area contributed by atoms with Crippen LogP contribution < -0.4 is 10.1 Å². The normalized spacial score (nSPS) is 22.0. The molecule has 156 valence electrons. The van der Waals surface area contributed by atoms with Crippen molar-refractivity contribution in [3.05, 3.63) is 47.3 Å². The molecule has 1 aromatic heterocycles. The molecule has 1 saturated heterocycles. The average molecular weight is 404 g/mol. The number of likely N-dealkylation sites (tertiary alicyclic amines) is 1. The third kappa shape index (κ3) is 4.27. The van der Waals surface area contributed by atoms with Crippen LogP contribution >= 0.6 is 0 Å². The number of amides is 1. The van der Waals surface area contributed by atoms with Crippen molar-refractivity contribution >= 4 is 5.91 Å². The number of rotatable bonds is 8. The maximum absolute atomic E-state index is 13.2. The van der Waals surface area contributed by atoms with Gasteiger partial charge in [-0.1, -0.05) is 12.1 Å². The number of aryl methyl sites for hydroxylation is 1. The lowest BCUT2D eigenvalue weighted by molar-refractivity contribution is -0.142. The smallest absolute Gasteiger partial charge is 0.253 e. The minimum Gasteiger partial charge on any atom is -0.497 e. The second-order valence-electron chi connectivity index (χ2n) is 8.37. The topological polar surface area (TPSA) is 70.2 Å². The molecule has 2 aliphatic rings. The van der Waals surface area contributed by atoms with Crippen LogP contribution in [0.5, 0.6) is 5.75 Å². The molecule has 0 bridgehead atoms. The molecule has 2 heterocycles. The lowest BCUT2D eigenvalue weighted by Crippen LogP contribution is -2.64. The molecule has 6 nitrogen and oxygen atoms in total. The van der Waals surface area contributed by atoms with Gasteiger partial charge < -0.3 is 10.1 Å². The number of nitrogens with zero attached hydrogens (tertiary/aromatic N) is 2. The highest BCUT2D eigenvalue weighted by molar-refractivity contribution is 5.84. The molecule has 1 saturated carbocycles. The third-order valence-electron chi connectivity index (χ3n) is 5.82. The molecule has 1 atom stereocenters. The number of aromatic nitrogens is 2. The third-order valence-corrected chi connectivity index (χ3v) is 5.82. The van der Waals surface area contributed by atoms with Crippen LogP contribution in [-0.2, 0) is 17.8 Å². The van der Waals surface area contributed by atoms with Gasteiger partial charge >= 0.3 is 0 Å². The van der Waals surface area contributed by atoms with E-state index in [-0.39, 0.29) is 18.9 Å². The number of carbonyl (C=O) groups is 1. The molecule has 1 aromatic carbocycles. The van der Waals surface area contributed by atoms with E-state index in [0.29, 0.717) is 26.1 Å². The van der Waals surface area contributed by atoms with E-state index in [4.69, 9.17) is 4.74 Å². The Morgan fingerprint density at radius 2 is 2.14 bits per heavy atom. The molecular formula is C21H26F2N4O2. The number of methoxy groups -OCH3 is 1. The van der Waals surface area contributed by atoms with E-state index in [2.05, 4.69) is 20.4 Å². The molecule has 2 N–H and O–H groups in total. The van der Waals surface area contributed by atoms with Crippen molar-refractivity contribution in [1.29, 1.82) is 0 Å². The number of aromatic amines is 1. The first-order valence-electron chi connectivity index (χ1n) is 9.82. The molecule has 1 aliphatic heterocycles. The monoisotopic (exact) mass is 404 g/mol. The number of benzene rings is 1. The Morgan fingerprint density at radius 3 is 2.76 bits per heavy atom. The Kier molecular flexibility index (Phi) is 5.06. The van der Waals surface area contributed by atoms with Crippen molar-refractivity contribution in [3.63, 3.8) is 0 Å². The molecule has 0 radical (unpaired) electrons. The molecule has 1 amide bonds. The van der Waals surface area contributed by atoms with Gasteiger partial charge in [0.05, 0.1) is 18.2 Å². The fourth-order valence-corrected chi connectivity index (χ4v) is 4.11. The average Bonchev–Trinajstić information content (AvgIpc) is 3.06. The summed E-state index contributed by atoms with van der Waals surface area (Å²) in [4.78, 5) is 15.2. The SMILES string of the molecule is COc1cccc(CC2(C(=O)NCC3CC3(F)F)CN(Cc3cc(C)[nH]n3)C2)c1. The van der Waals surface area contributed by atoms with Gasteiger partial charge in [-0.05, 0) is 37.1 Å². The van der Waals surface area contributed by atoms with Crippen LogP contribution in [0.15, 0.2) is 30.3 Å². The zero-order valence-corrected chi connectivity index (χ0v) is 16.7. The van der Waals surface area contributed by atoms with Crippen molar-refractivity contribution in [3.8, 4) is 5.75 Å². The number of hydrogen-bond acceptors (Lipinski definition) is 4. The number of halogens is 2. The van der Waals surface area contributed by atoms with Crippen molar-refractivity contribution in [2.45, 2.75) is 32.2 Å². The maximum atomic E-state index is 13.2. The Labute approximate surface area is 168 Å². The Bertz CT molecular complexity index is 892. The Balaban J connectivity index is 1.44. The van der Waals surface area contributed by atoms with E-state index in [1.54, 1.807) is 7.11 Å². The standard InChI is InChI=1S/C21H26F2N4O2/c1-14-6-17(26-25-14)11-27-12-20(13-27,8-15-4-3-5-18(7-15)29-2)19(28)24-10-16-9-21(16,22)23/h3-7,16H,8-13H2,1-2H3,(H,24,28)(H,25,26). The first-order chi connectivity index (χ1) is 13.8. The predicted molar refractivity (Wildman–Crippen MR) is 104 cm³/mol. The number of H-pyrrole nitrogens is 1. The van der Waals surface area contributed by atoms with E-state index < -0.39 is 17.3 Å². The maximum Gasteiger partial charge on any atom is 0.253 e. The molecule has 8 heteroatoms. The predicted octanol–water partition coefficient (Wildman–Crippen LogP) is 2.54. The Hall–Kier alpha value is -2.48. The fourth-order valence-electron chi connectivity index (χ4n) is 4.11. The molecule has 2 aromatic rings. The summed E-state index contributed by atoms with van der Waals surface area (Å²) in [6.45, 7) is 3.75. The summed E-state index contributed by atoms with van der Waals surface area (Å²) in [5.74, 6) is -2.78. The van der Waals surface area contributed by atoms with Gasteiger partial charge in [-0.25, -0.2) is 8.78 Å². The van der Waals surface area contributed by atoms with Crippen LogP contribution in [0.25, 0.3) is 0 Å². The summed E-state index contributed by atoms with van der Waals surface area (Å²) in [5.41, 5.74) is 2.27. The number of nitrogens with one attached hydrogen (secondary N) is 2. The number of hydrogen-bond donors (Lipinski definition) is 2. The highest BCUT2D eigenvalue weighted by Crippen LogP contribution is 2.48. The van der Waals surface area contributed by atoms with Gasteiger partial charge in [-0.3, -0.25) is 14.8 Å². The summed E-state index contributed by atoms with van der Waals surface area (Å²) >= 11 is 0. The van der Waals surface area contributed by atoms with Crippen molar-refractivity contribution in [2.75, 3.05) is 26.7 Å². The van der Waals surface area contributed by atoms with Gasteiger partial charge in [0.25, 0.3) is 5.92 Å². The van der Waals surface area contributed by atoms with Crippen LogP contribution in [0, 0.1) is 18.3 Å². The number of alkyl halides is 2. The van der Waals surface area contributed by atoms with Crippen LogP contribution in [0.2, 0.25) is 0 Å². The van der Waals surface area contributed by atoms with E-state index >= 15 is 0 Å². The highest BCUT2D eigenvalue weighted by Gasteiger charge is 2.57. The molecule has 0 spiro atoms. The van der Waals surface area contributed by atoms with E-state index in [1.165, 1.54) is 0 Å². The molecule has 29 heavy (non-hydrogen) atoms. The summed E-state index contributed by atoms with van der Waals surface area (Å²) in [5, 5.41) is 9.96. The van der Waals surface area contributed by atoms with E-state index in [0.717, 1.165) is 22.7 Å². The summed E-state index contributed by atoms with van der Waals surface area (Å²) in [6, 6.07) is 9.62. The van der Waals surface area contributed by atoms with Crippen LogP contribution in [0.3, 0.4) is 0 Å². The quantitative estimate of drug-likeness (QED) is 0.710. The minimum atomic E-state index is -2.63. The first-order valence-corrected chi connectivity index (χ1v) is 9.82. The number of ether oxygens (including phenoxy) is 1. The molecule has 1 unspecified atom stereocenters. The van der Waals surface area contributed by atoms with Gasteiger partial charge in [0.1, 0.15) is 5.75 Å². The Morgan fingerprint density at radius 1 is 1.38 bits per heavy atom. The fraction of sp³-hybridized carbons (Fsp3) is 0.524. The van der Waals surface area contributed by atoms with Crippen LogP contribution in [0.1, 0.15) is 23.4 Å². The minimum absolute atomic E-state index is 0.0320. The lowest BCUT2D eigenvalue weighted by Gasteiger charge is -2.49. The van der Waals surface area contributed by atoms with Gasteiger partial charge in [-0.2, -0.15) is 5.10 Å². The highest BCUT2D eigenvalue weighted by atomic mass is 19.3. The van der Waals surface area contributed by atoms with Crippen LogP contribution in [-0.4, -0.2) is 53.7 Å². The van der Waals surface area contributed by atoms with Crippen molar-refractivity contribution in [2.24, 2.45) is 11.3 Å². The van der Waals surface area contributed by atoms with Gasteiger partial charge in [0.2, 0.25) is 5.91 Å². The van der Waals surface area contributed by atoms with E-state index in [9.17, 15) is 13.6 Å². The molecule has 2 fully saturated rings. The van der Waals surface area contributed by atoms with Crippen molar-refractivity contribution in [1.82, 2.24) is 20.4 Å². The molecule has 4 rings (SSSR count). The summed E-state index contributed by atoms with van der Waals surface area (Å²) in [7, 11) is 1.61. The lowest BCUT2D eigenvalue weighted by atomic mass is 9.73. The molecular weight excluding hydrogens is 378 g/mol. The van der Waals surface area contributed by atoms with Gasteiger partial charge in [0, 0.05) is 44.2 Å². The van der Waals surface area contributed by atoms with E-state index in [1.807, 2.05) is 37.3 Å². The van der Waals surface area contributed by atoms with Gasteiger partial charge in [-0.15, -0.1) is 0 Å². The summed E-state index contributed by atoms with van der Waals surface area (Å²) in [6.07, 6.45) is 0.397. The van der Waals surface area contributed by atoms with Gasteiger partial charge in [0.15, 0.2) is 0 Å². The summed E-state index contributed by atoms with van der Waals surface area (Å²) < 4.78 is 31.7. The second-order valence-corrected chi connectivity index (χ2v) is 8.37. The first kappa shape index (κ1) is 19.8. The number of carbonyl (C=O) groups excluding carboxylic acids is 1. The zero-order valence-electron chi connectivity index (χ0n) is 16.7.